The maximum absolute atomic E-state index is 13.0. The lowest BCUT2D eigenvalue weighted by atomic mass is 10.2. The molecule has 7 nitrogen and oxygen atoms in total. The molecule has 2 aromatic rings. The summed E-state index contributed by atoms with van der Waals surface area (Å²) in [4.78, 5) is 38.9. The predicted molar refractivity (Wildman–Crippen MR) is 85.9 cm³/mol. The summed E-state index contributed by atoms with van der Waals surface area (Å²) in [6.45, 7) is 0.462. The highest BCUT2D eigenvalue weighted by atomic mass is 19.1. The number of furan rings is 1. The van der Waals surface area contributed by atoms with Gasteiger partial charge in [-0.1, -0.05) is 0 Å². The van der Waals surface area contributed by atoms with E-state index < -0.39 is 17.6 Å². The first kappa shape index (κ1) is 16.7. The normalized spacial score (nSPS) is 14.8. The number of hydrogen-bond acceptors (Lipinski definition) is 4. The highest BCUT2D eigenvalue weighted by molar-refractivity contribution is 6.41. The average molecular weight is 345 g/mol. The van der Waals surface area contributed by atoms with Gasteiger partial charge in [0.15, 0.2) is 0 Å². The number of carbonyl (C=O) groups is 3. The summed E-state index contributed by atoms with van der Waals surface area (Å²) in [6.07, 6.45) is 1.50. The molecule has 0 saturated carbocycles. The van der Waals surface area contributed by atoms with Crippen LogP contribution in [0.3, 0.4) is 0 Å². The van der Waals surface area contributed by atoms with Gasteiger partial charge in [-0.25, -0.2) is 4.39 Å². The molecule has 1 saturated heterocycles. The Bertz CT molecular complexity index is 774. The minimum absolute atomic E-state index is 0.206. The Morgan fingerprint density at radius 2 is 1.88 bits per heavy atom. The van der Waals surface area contributed by atoms with Gasteiger partial charge in [-0.15, -0.1) is 0 Å². The zero-order chi connectivity index (χ0) is 17.8. The molecule has 3 amide bonds. The van der Waals surface area contributed by atoms with E-state index in [-0.39, 0.29) is 32.1 Å². The van der Waals surface area contributed by atoms with Crippen molar-refractivity contribution in [1.82, 2.24) is 10.2 Å². The molecule has 1 aromatic carbocycles. The monoisotopic (exact) mass is 345 g/mol. The van der Waals surface area contributed by atoms with Crippen LogP contribution < -0.4 is 10.2 Å². The van der Waals surface area contributed by atoms with Crippen molar-refractivity contribution in [2.45, 2.75) is 6.54 Å². The number of piperazine rings is 1. The van der Waals surface area contributed by atoms with Crippen molar-refractivity contribution >= 4 is 23.4 Å². The van der Waals surface area contributed by atoms with Gasteiger partial charge >= 0.3 is 11.8 Å². The second-order valence-corrected chi connectivity index (χ2v) is 5.52. The predicted octanol–water partition coefficient (Wildman–Crippen LogP) is 0.910. The van der Waals surface area contributed by atoms with Gasteiger partial charge in [0.2, 0.25) is 5.91 Å². The Hall–Kier alpha value is -3.16. The summed E-state index contributed by atoms with van der Waals surface area (Å²) in [6, 6.07) is 8.75. The molecule has 25 heavy (non-hydrogen) atoms. The van der Waals surface area contributed by atoms with Gasteiger partial charge < -0.3 is 19.5 Å². The number of benzene rings is 1. The van der Waals surface area contributed by atoms with E-state index in [9.17, 15) is 18.8 Å². The lowest BCUT2D eigenvalue weighted by Crippen LogP contribution is -2.56. The first-order valence-electron chi connectivity index (χ1n) is 7.70. The zero-order valence-corrected chi connectivity index (χ0v) is 13.3. The quantitative estimate of drug-likeness (QED) is 0.817. The van der Waals surface area contributed by atoms with Crippen LogP contribution in [-0.4, -0.2) is 42.3 Å². The first-order chi connectivity index (χ1) is 12.0. The van der Waals surface area contributed by atoms with E-state index in [0.29, 0.717) is 11.4 Å². The van der Waals surface area contributed by atoms with Crippen LogP contribution in [0.1, 0.15) is 5.76 Å². The van der Waals surface area contributed by atoms with Crippen molar-refractivity contribution in [3.05, 3.63) is 54.2 Å². The van der Waals surface area contributed by atoms with Gasteiger partial charge in [0.05, 0.1) is 12.8 Å². The Balaban J connectivity index is 1.56. The van der Waals surface area contributed by atoms with Crippen molar-refractivity contribution < 1.29 is 23.2 Å². The van der Waals surface area contributed by atoms with Crippen LogP contribution in [0.25, 0.3) is 0 Å². The second-order valence-electron chi connectivity index (χ2n) is 5.52. The van der Waals surface area contributed by atoms with Crippen molar-refractivity contribution in [2.75, 3.05) is 24.5 Å². The molecule has 0 spiro atoms. The standard InChI is InChI=1S/C17H16FN3O4/c18-12-3-5-13(6-4-12)21-8-7-20(16(23)17(21)24)11-15(22)19-10-14-2-1-9-25-14/h1-6,9H,7-8,10-11H2,(H,19,22). The van der Waals surface area contributed by atoms with Crippen LogP contribution in [0.5, 0.6) is 0 Å². The molecular formula is C17H16FN3O4. The SMILES string of the molecule is O=C(CN1CCN(c2ccc(F)cc2)C(=O)C1=O)NCc1ccco1. The highest BCUT2D eigenvalue weighted by Crippen LogP contribution is 2.18. The number of nitrogens with one attached hydrogen (secondary N) is 1. The van der Waals surface area contributed by atoms with Gasteiger partial charge in [-0.05, 0) is 36.4 Å². The third-order valence-corrected chi connectivity index (χ3v) is 3.82. The topological polar surface area (TPSA) is 82.9 Å². The van der Waals surface area contributed by atoms with E-state index in [1.165, 1.54) is 40.3 Å². The molecule has 8 heteroatoms. The maximum atomic E-state index is 13.0. The highest BCUT2D eigenvalue weighted by Gasteiger charge is 2.34. The number of amides is 3. The summed E-state index contributed by atoms with van der Waals surface area (Å²) >= 11 is 0. The molecule has 1 N–H and O–H groups in total. The Labute approximate surface area is 143 Å². The molecule has 1 aliphatic heterocycles. The van der Waals surface area contributed by atoms with Crippen LogP contribution in [0.2, 0.25) is 0 Å². The van der Waals surface area contributed by atoms with Crippen molar-refractivity contribution in [3.8, 4) is 0 Å². The summed E-state index contributed by atoms with van der Waals surface area (Å²) in [7, 11) is 0. The van der Waals surface area contributed by atoms with Crippen molar-refractivity contribution in [1.29, 1.82) is 0 Å². The molecule has 1 aliphatic rings. The molecule has 0 bridgehead atoms. The van der Waals surface area contributed by atoms with Gasteiger partial charge in [0.1, 0.15) is 18.1 Å². The van der Waals surface area contributed by atoms with E-state index in [4.69, 9.17) is 4.42 Å². The lowest BCUT2D eigenvalue weighted by molar-refractivity contribution is -0.147. The molecule has 1 aromatic heterocycles. The molecule has 0 radical (unpaired) electrons. The van der Waals surface area contributed by atoms with E-state index in [1.54, 1.807) is 12.1 Å². The van der Waals surface area contributed by atoms with Gasteiger partial charge in [0, 0.05) is 18.8 Å². The van der Waals surface area contributed by atoms with Crippen LogP contribution in [0, 0.1) is 5.82 Å². The number of nitrogens with zero attached hydrogens (tertiary/aromatic N) is 2. The fraction of sp³-hybridized carbons (Fsp3) is 0.235. The Morgan fingerprint density at radius 1 is 1.12 bits per heavy atom. The average Bonchev–Trinajstić information content (AvgIpc) is 3.12. The van der Waals surface area contributed by atoms with Gasteiger partial charge in [-0.3, -0.25) is 14.4 Å². The number of halogens is 1. The second kappa shape index (κ2) is 7.16. The fourth-order valence-electron chi connectivity index (χ4n) is 2.52. The molecule has 130 valence electrons. The Morgan fingerprint density at radius 3 is 2.56 bits per heavy atom. The van der Waals surface area contributed by atoms with E-state index in [0.717, 1.165) is 0 Å². The first-order valence-corrected chi connectivity index (χ1v) is 7.70. The van der Waals surface area contributed by atoms with Crippen molar-refractivity contribution in [2.24, 2.45) is 0 Å². The summed E-state index contributed by atoms with van der Waals surface area (Å²) < 4.78 is 18.1. The number of rotatable bonds is 5. The minimum Gasteiger partial charge on any atom is -0.467 e. The Kier molecular flexibility index (Phi) is 4.78. The third-order valence-electron chi connectivity index (χ3n) is 3.82. The number of anilines is 1. The van der Waals surface area contributed by atoms with Crippen LogP contribution >= 0.6 is 0 Å². The summed E-state index contributed by atoms with van der Waals surface area (Å²) in [5.41, 5.74) is 0.446. The van der Waals surface area contributed by atoms with Crippen LogP contribution in [0.4, 0.5) is 10.1 Å². The van der Waals surface area contributed by atoms with Gasteiger partial charge in [-0.2, -0.15) is 0 Å². The minimum atomic E-state index is -0.760. The van der Waals surface area contributed by atoms with Gasteiger partial charge in [0.25, 0.3) is 0 Å². The number of hydrogen-bond donors (Lipinski definition) is 1. The van der Waals surface area contributed by atoms with Crippen LogP contribution in [0.15, 0.2) is 47.1 Å². The van der Waals surface area contributed by atoms with E-state index >= 15 is 0 Å². The molecule has 0 aliphatic carbocycles. The van der Waals surface area contributed by atoms with Crippen LogP contribution in [-0.2, 0) is 20.9 Å². The van der Waals surface area contributed by atoms with E-state index in [1.807, 2.05) is 0 Å². The maximum Gasteiger partial charge on any atom is 0.316 e. The summed E-state index contributed by atoms with van der Waals surface area (Å²) in [5, 5.41) is 2.62. The van der Waals surface area contributed by atoms with Crippen molar-refractivity contribution in [3.63, 3.8) is 0 Å². The summed E-state index contributed by atoms with van der Waals surface area (Å²) in [5.74, 6) is -1.71. The largest absolute Gasteiger partial charge is 0.467 e. The van der Waals surface area contributed by atoms with E-state index in [2.05, 4.69) is 5.32 Å². The number of carbonyl (C=O) groups excluding carboxylic acids is 3. The molecule has 0 unspecified atom stereocenters. The molecule has 3 rings (SSSR count). The molecule has 2 heterocycles. The third kappa shape index (κ3) is 3.85. The zero-order valence-electron chi connectivity index (χ0n) is 13.3. The molecule has 0 atom stereocenters. The lowest BCUT2D eigenvalue weighted by Gasteiger charge is -2.33. The molecular weight excluding hydrogens is 329 g/mol. The smallest absolute Gasteiger partial charge is 0.316 e. The fourth-order valence-corrected chi connectivity index (χ4v) is 2.52. The molecule has 1 fully saturated rings.